The van der Waals surface area contributed by atoms with E-state index in [0.717, 1.165) is 43.1 Å². The van der Waals surface area contributed by atoms with E-state index in [4.69, 9.17) is 9.47 Å². The third kappa shape index (κ3) is 3.68. The molecule has 0 aromatic heterocycles. The van der Waals surface area contributed by atoms with Crippen LogP contribution >= 0.6 is 0 Å². The molecule has 2 unspecified atom stereocenters. The van der Waals surface area contributed by atoms with Crippen LogP contribution in [0.5, 0.6) is 11.5 Å². The first-order valence-electron chi connectivity index (χ1n) is 9.15. The summed E-state index contributed by atoms with van der Waals surface area (Å²) in [5.74, 6) is 1.77. The third-order valence-corrected chi connectivity index (χ3v) is 5.09. The molecule has 2 aromatic carbocycles. The highest BCUT2D eigenvalue weighted by molar-refractivity contribution is 5.73. The Kier molecular flexibility index (Phi) is 4.80. The van der Waals surface area contributed by atoms with Crippen LogP contribution in [0.4, 0.5) is 0 Å². The molecule has 0 aliphatic carbocycles. The van der Waals surface area contributed by atoms with E-state index >= 15 is 0 Å². The molecule has 0 bridgehead atoms. The fourth-order valence-electron chi connectivity index (χ4n) is 3.51. The zero-order valence-corrected chi connectivity index (χ0v) is 15.0. The topological polar surface area (TPSA) is 50.8 Å². The molecule has 1 saturated heterocycles. The van der Waals surface area contributed by atoms with E-state index in [0.29, 0.717) is 12.6 Å². The summed E-state index contributed by atoms with van der Waals surface area (Å²) in [5.41, 5.74) is 2.35. The van der Waals surface area contributed by atoms with E-state index in [1.807, 2.05) is 29.2 Å². The number of nitrogens with one attached hydrogen (secondary N) is 1. The smallest absolute Gasteiger partial charge is 0.219 e. The van der Waals surface area contributed by atoms with Gasteiger partial charge in [0.2, 0.25) is 5.91 Å². The molecule has 0 saturated carbocycles. The Bertz CT molecular complexity index is 775. The van der Waals surface area contributed by atoms with Crippen LogP contribution in [0.2, 0.25) is 0 Å². The molecule has 2 aliphatic heterocycles. The average Bonchev–Trinajstić information content (AvgIpc) is 3.16. The van der Waals surface area contributed by atoms with Crippen molar-refractivity contribution in [1.29, 1.82) is 0 Å². The maximum Gasteiger partial charge on any atom is 0.219 e. The van der Waals surface area contributed by atoms with Gasteiger partial charge in [0, 0.05) is 32.6 Å². The molecular weight excluding hydrogens is 328 g/mol. The molecule has 5 heteroatoms. The van der Waals surface area contributed by atoms with Gasteiger partial charge in [0.25, 0.3) is 0 Å². The fraction of sp³-hybridized carbons (Fsp3) is 0.381. The van der Waals surface area contributed by atoms with Gasteiger partial charge >= 0.3 is 0 Å². The second kappa shape index (κ2) is 7.38. The molecule has 2 aromatic rings. The number of hydrogen-bond acceptors (Lipinski definition) is 4. The van der Waals surface area contributed by atoms with Gasteiger partial charge in [-0.1, -0.05) is 36.4 Å². The number of rotatable bonds is 4. The van der Waals surface area contributed by atoms with Crippen molar-refractivity contribution in [1.82, 2.24) is 10.2 Å². The molecule has 2 aliphatic rings. The van der Waals surface area contributed by atoms with E-state index in [1.165, 1.54) is 5.56 Å². The Labute approximate surface area is 153 Å². The van der Waals surface area contributed by atoms with E-state index in [9.17, 15) is 4.79 Å². The number of ether oxygens (including phenoxy) is 2. The monoisotopic (exact) mass is 352 g/mol. The summed E-state index contributed by atoms with van der Waals surface area (Å²) in [7, 11) is 0. The quantitative estimate of drug-likeness (QED) is 0.919. The number of carbonyl (C=O) groups excluding carboxylic acids is 1. The van der Waals surface area contributed by atoms with Gasteiger partial charge in [-0.15, -0.1) is 0 Å². The minimum absolute atomic E-state index is 0.0779. The molecular formula is C21H24N2O3. The Balaban J connectivity index is 1.32. The highest BCUT2D eigenvalue weighted by Gasteiger charge is 2.24. The van der Waals surface area contributed by atoms with Crippen LogP contribution in [-0.2, 0) is 11.3 Å². The van der Waals surface area contributed by atoms with Crippen molar-refractivity contribution in [2.45, 2.75) is 32.0 Å². The third-order valence-electron chi connectivity index (χ3n) is 5.09. The van der Waals surface area contributed by atoms with Crippen LogP contribution in [0, 0.1) is 0 Å². The molecule has 1 fully saturated rings. The number of likely N-dealkylation sites (tertiary alicyclic amines) is 1. The van der Waals surface area contributed by atoms with Crippen LogP contribution in [-0.4, -0.2) is 36.5 Å². The van der Waals surface area contributed by atoms with Crippen molar-refractivity contribution >= 4 is 5.91 Å². The number of nitrogens with zero attached hydrogens (tertiary/aromatic N) is 1. The average molecular weight is 352 g/mol. The van der Waals surface area contributed by atoms with Crippen molar-refractivity contribution in [3.8, 4) is 11.5 Å². The van der Waals surface area contributed by atoms with Crippen molar-refractivity contribution in [2.75, 3.05) is 19.7 Å². The molecule has 2 heterocycles. The highest BCUT2D eigenvalue weighted by Crippen LogP contribution is 2.35. The number of benzene rings is 2. The summed E-state index contributed by atoms with van der Waals surface area (Å²) in [4.78, 5) is 13.3. The van der Waals surface area contributed by atoms with Crippen molar-refractivity contribution in [3.63, 3.8) is 0 Å². The standard InChI is InChI=1S/C21H24N2O3/c1-15(24)23-11-10-18(13-23)22-12-16-6-8-17(9-7-16)21-14-25-19-4-2-3-5-20(19)26-21/h2-9,18,21-22H,10-14H2,1H3. The number of hydrogen-bond donors (Lipinski definition) is 1. The first kappa shape index (κ1) is 16.9. The van der Waals surface area contributed by atoms with E-state index in [2.05, 4.69) is 29.6 Å². The van der Waals surface area contributed by atoms with Gasteiger partial charge in [-0.2, -0.15) is 0 Å². The van der Waals surface area contributed by atoms with Gasteiger partial charge in [-0.25, -0.2) is 0 Å². The normalized spacial score (nSPS) is 21.7. The second-order valence-electron chi connectivity index (χ2n) is 6.94. The summed E-state index contributed by atoms with van der Waals surface area (Å²) in [6.07, 6.45) is 0.940. The Hall–Kier alpha value is -2.53. The minimum atomic E-state index is -0.0779. The van der Waals surface area contributed by atoms with E-state index < -0.39 is 0 Å². The highest BCUT2D eigenvalue weighted by atomic mass is 16.6. The van der Waals surface area contributed by atoms with Gasteiger partial charge in [-0.3, -0.25) is 4.79 Å². The van der Waals surface area contributed by atoms with E-state index in [-0.39, 0.29) is 12.0 Å². The minimum Gasteiger partial charge on any atom is -0.485 e. The molecule has 2 atom stereocenters. The summed E-state index contributed by atoms with van der Waals surface area (Å²) in [6, 6.07) is 16.6. The molecule has 0 spiro atoms. The molecule has 136 valence electrons. The van der Waals surface area contributed by atoms with Gasteiger partial charge in [0.1, 0.15) is 6.61 Å². The molecule has 0 radical (unpaired) electrons. The zero-order valence-electron chi connectivity index (χ0n) is 15.0. The lowest BCUT2D eigenvalue weighted by Crippen LogP contribution is -2.33. The van der Waals surface area contributed by atoms with Gasteiger partial charge in [-0.05, 0) is 29.7 Å². The van der Waals surface area contributed by atoms with Crippen molar-refractivity contribution < 1.29 is 14.3 Å². The molecule has 1 amide bonds. The maximum absolute atomic E-state index is 11.4. The van der Waals surface area contributed by atoms with E-state index in [1.54, 1.807) is 6.92 Å². The number of carbonyl (C=O) groups is 1. The Morgan fingerprint density at radius 1 is 1.15 bits per heavy atom. The predicted molar refractivity (Wildman–Crippen MR) is 99.2 cm³/mol. The van der Waals surface area contributed by atoms with Crippen LogP contribution in [0.25, 0.3) is 0 Å². The summed E-state index contributed by atoms with van der Waals surface area (Å²) < 4.78 is 11.9. The fourth-order valence-corrected chi connectivity index (χ4v) is 3.51. The Morgan fingerprint density at radius 3 is 2.65 bits per heavy atom. The van der Waals surface area contributed by atoms with Gasteiger partial charge < -0.3 is 19.7 Å². The lowest BCUT2D eigenvalue weighted by molar-refractivity contribution is -0.127. The molecule has 26 heavy (non-hydrogen) atoms. The largest absolute Gasteiger partial charge is 0.485 e. The maximum atomic E-state index is 11.4. The van der Waals surface area contributed by atoms with Crippen LogP contribution < -0.4 is 14.8 Å². The molecule has 4 rings (SSSR count). The van der Waals surface area contributed by atoms with Crippen LogP contribution in [0.15, 0.2) is 48.5 Å². The first-order valence-corrected chi connectivity index (χ1v) is 9.15. The zero-order chi connectivity index (χ0) is 17.9. The summed E-state index contributed by atoms with van der Waals surface area (Å²) in [5, 5.41) is 3.54. The van der Waals surface area contributed by atoms with Gasteiger partial charge in [0.05, 0.1) is 0 Å². The molecule has 5 nitrogen and oxygen atoms in total. The predicted octanol–water partition coefficient (Wildman–Crippen LogP) is 2.91. The first-order chi connectivity index (χ1) is 12.7. The van der Waals surface area contributed by atoms with Crippen LogP contribution in [0.1, 0.15) is 30.6 Å². The number of amides is 1. The summed E-state index contributed by atoms with van der Waals surface area (Å²) >= 11 is 0. The second-order valence-corrected chi connectivity index (χ2v) is 6.94. The number of para-hydroxylation sites is 2. The SMILES string of the molecule is CC(=O)N1CCC(NCc2ccc(C3COc4ccccc4O3)cc2)C1. The summed E-state index contributed by atoms with van der Waals surface area (Å²) in [6.45, 7) is 4.63. The van der Waals surface area contributed by atoms with Crippen molar-refractivity contribution in [2.24, 2.45) is 0 Å². The van der Waals surface area contributed by atoms with Gasteiger partial charge in [0.15, 0.2) is 17.6 Å². The Morgan fingerprint density at radius 2 is 1.92 bits per heavy atom. The van der Waals surface area contributed by atoms with Crippen molar-refractivity contribution in [3.05, 3.63) is 59.7 Å². The van der Waals surface area contributed by atoms with Crippen LogP contribution in [0.3, 0.4) is 0 Å². The lowest BCUT2D eigenvalue weighted by Gasteiger charge is -2.26. The molecule has 1 N–H and O–H groups in total. The number of fused-ring (bicyclic) bond motifs is 1. The lowest BCUT2D eigenvalue weighted by atomic mass is 10.1.